The highest BCUT2D eigenvalue weighted by Crippen LogP contribution is 2.24. The van der Waals surface area contributed by atoms with Gasteiger partial charge in [-0.25, -0.2) is 8.42 Å². The molecule has 7 heteroatoms. The van der Waals surface area contributed by atoms with Crippen molar-refractivity contribution in [2.75, 3.05) is 10.5 Å². The Hall–Kier alpha value is -1.79. The minimum atomic E-state index is -3.71. The number of hydrogen-bond donors (Lipinski definition) is 2. The molecule has 0 fully saturated rings. The second-order valence-electron chi connectivity index (χ2n) is 3.98. The molecule has 100 valence electrons. The molecular formula is C12H12ClN3O2S. The molecule has 0 aliphatic rings. The Labute approximate surface area is 116 Å². The third-order valence-electron chi connectivity index (χ3n) is 2.57. The summed E-state index contributed by atoms with van der Waals surface area (Å²) in [5, 5.41) is 0.200. The molecule has 5 nitrogen and oxygen atoms in total. The molecular weight excluding hydrogens is 286 g/mol. The second kappa shape index (κ2) is 5.07. The quantitative estimate of drug-likeness (QED) is 0.852. The largest absolute Gasteiger partial charge is 0.398 e. The average Bonchev–Trinajstić information content (AvgIpc) is 2.35. The van der Waals surface area contributed by atoms with E-state index < -0.39 is 10.0 Å². The van der Waals surface area contributed by atoms with Crippen LogP contribution < -0.4 is 10.5 Å². The van der Waals surface area contributed by atoms with Gasteiger partial charge in [0.05, 0.1) is 27.5 Å². The zero-order chi connectivity index (χ0) is 14.0. The van der Waals surface area contributed by atoms with Crippen molar-refractivity contribution >= 4 is 33.0 Å². The van der Waals surface area contributed by atoms with Crippen molar-refractivity contribution in [1.82, 2.24) is 4.98 Å². The summed E-state index contributed by atoms with van der Waals surface area (Å²) < 4.78 is 26.8. The third-order valence-corrected chi connectivity index (χ3v) is 4.26. The first-order valence-electron chi connectivity index (χ1n) is 5.38. The summed E-state index contributed by atoms with van der Waals surface area (Å²) in [4.78, 5) is 3.93. The number of nitrogens with zero attached hydrogens (tertiary/aromatic N) is 1. The van der Waals surface area contributed by atoms with E-state index >= 15 is 0 Å². The lowest BCUT2D eigenvalue weighted by molar-refractivity contribution is 0.601. The summed E-state index contributed by atoms with van der Waals surface area (Å²) in [6, 6.07) is 5.88. The average molecular weight is 298 g/mol. The lowest BCUT2D eigenvalue weighted by Crippen LogP contribution is -2.14. The smallest absolute Gasteiger partial charge is 0.262 e. The van der Waals surface area contributed by atoms with Crippen LogP contribution in [0, 0.1) is 6.92 Å². The molecule has 0 radical (unpaired) electrons. The Morgan fingerprint density at radius 1 is 1.32 bits per heavy atom. The molecule has 3 N–H and O–H groups in total. The van der Waals surface area contributed by atoms with Crippen molar-refractivity contribution in [3.8, 4) is 0 Å². The molecule has 0 spiro atoms. The highest BCUT2D eigenvalue weighted by molar-refractivity contribution is 7.92. The molecule has 0 amide bonds. The van der Waals surface area contributed by atoms with E-state index in [2.05, 4.69) is 9.71 Å². The standard InChI is InChI=1S/C12H12ClN3O2S/c1-8-4-5-15-7-12(8)16-19(17,18)9-2-3-11(14)10(13)6-9/h2-7,16H,14H2,1H3. The van der Waals surface area contributed by atoms with Gasteiger partial charge in [-0.2, -0.15) is 0 Å². The molecule has 0 atom stereocenters. The summed E-state index contributed by atoms with van der Waals surface area (Å²) in [6.07, 6.45) is 3.04. The van der Waals surface area contributed by atoms with Crippen LogP contribution in [0.1, 0.15) is 5.56 Å². The van der Waals surface area contributed by atoms with E-state index in [4.69, 9.17) is 17.3 Å². The van der Waals surface area contributed by atoms with Gasteiger partial charge in [0.1, 0.15) is 0 Å². The minimum absolute atomic E-state index is 0.0509. The number of halogens is 1. The van der Waals surface area contributed by atoms with Gasteiger partial charge >= 0.3 is 0 Å². The predicted molar refractivity (Wildman–Crippen MR) is 75.6 cm³/mol. The summed E-state index contributed by atoms with van der Waals surface area (Å²) in [5.41, 5.74) is 7.09. The summed E-state index contributed by atoms with van der Waals surface area (Å²) in [7, 11) is -3.71. The number of aromatic nitrogens is 1. The highest BCUT2D eigenvalue weighted by Gasteiger charge is 2.16. The first-order chi connectivity index (χ1) is 8.90. The van der Waals surface area contributed by atoms with Crippen LogP contribution in [-0.4, -0.2) is 13.4 Å². The van der Waals surface area contributed by atoms with Gasteiger partial charge in [-0.15, -0.1) is 0 Å². The maximum absolute atomic E-state index is 12.2. The van der Waals surface area contributed by atoms with Crippen molar-refractivity contribution in [1.29, 1.82) is 0 Å². The lowest BCUT2D eigenvalue weighted by Gasteiger charge is -2.10. The Balaban J connectivity index is 2.38. The number of nitrogens with one attached hydrogen (secondary N) is 1. The number of nitrogen functional groups attached to an aromatic ring is 1. The number of benzene rings is 1. The summed E-state index contributed by atoms with van der Waals surface area (Å²) in [6.45, 7) is 1.79. The van der Waals surface area contributed by atoms with Gasteiger partial charge in [0, 0.05) is 6.20 Å². The molecule has 19 heavy (non-hydrogen) atoms. The molecule has 2 aromatic rings. The van der Waals surface area contributed by atoms with Crippen LogP contribution >= 0.6 is 11.6 Å². The maximum atomic E-state index is 12.2. The Bertz CT molecular complexity index is 717. The molecule has 1 aromatic carbocycles. The topological polar surface area (TPSA) is 85.1 Å². The molecule has 1 heterocycles. The third kappa shape index (κ3) is 2.97. The van der Waals surface area contributed by atoms with Crippen LogP contribution in [0.3, 0.4) is 0 Å². The van der Waals surface area contributed by atoms with Crippen molar-refractivity contribution in [2.45, 2.75) is 11.8 Å². The molecule has 1 aromatic heterocycles. The second-order valence-corrected chi connectivity index (χ2v) is 6.07. The number of anilines is 2. The number of sulfonamides is 1. The van der Waals surface area contributed by atoms with Gasteiger partial charge in [-0.05, 0) is 36.8 Å². The SMILES string of the molecule is Cc1ccncc1NS(=O)(=O)c1ccc(N)c(Cl)c1. The summed E-state index contributed by atoms with van der Waals surface area (Å²) in [5.74, 6) is 0. The van der Waals surface area contributed by atoms with Gasteiger partial charge in [-0.1, -0.05) is 11.6 Å². The van der Waals surface area contributed by atoms with Crippen LogP contribution in [0.25, 0.3) is 0 Å². The van der Waals surface area contributed by atoms with E-state index in [9.17, 15) is 8.42 Å². The van der Waals surface area contributed by atoms with E-state index in [1.807, 2.05) is 0 Å². The normalized spacial score (nSPS) is 11.3. The number of aryl methyl sites for hydroxylation is 1. The van der Waals surface area contributed by atoms with Crippen LogP contribution in [-0.2, 0) is 10.0 Å². The van der Waals surface area contributed by atoms with Gasteiger partial charge in [0.25, 0.3) is 10.0 Å². The molecule has 0 aliphatic heterocycles. The molecule has 0 saturated carbocycles. The fourth-order valence-corrected chi connectivity index (χ4v) is 2.84. The van der Waals surface area contributed by atoms with Crippen LogP contribution in [0.5, 0.6) is 0 Å². The monoisotopic (exact) mass is 297 g/mol. The van der Waals surface area contributed by atoms with E-state index in [0.29, 0.717) is 11.4 Å². The Morgan fingerprint density at radius 3 is 2.68 bits per heavy atom. The fourth-order valence-electron chi connectivity index (χ4n) is 1.45. The van der Waals surface area contributed by atoms with Crippen LogP contribution in [0.4, 0.5) is 11.4 Å². The van der Waals surface area contributed by atoms with E-state index in [0.717, 1.165) is 5.56 Å². The van der Waals surface area contributed by atoms with Crippen molar-refractivity contribution in [2.24, 2.45) is 0 Å². The maximum Gasteiger partial charge on any atom is 0.262 e. The number of rotatable bonds is 3. The molecule has 0 unspecified atom stereocenters. The number of pyridine rings is 1. The van der Waals surface area contributed by atoms with Gasteiger partial charge in [-0.3, -0.25) is 9.71 Å². The zero-order valence-corrected chi connectivity index (χ0v) is 11.7. The lowest BCUT2D eigenvalue weighted by atomic mass is 10.3. The molecule has 2 rings (SSSR count). The number of hydrogen-bond acceptors (Lipinski definition) is 4. The molecule has 0 bridgehead atoms. The van der Waals surface area contributed by atoms with E-state index in [-0.39, 0.29) is 9.92 Å². The van der Waals surface area contributed by atoms with Crippen molar-refractivity contribution in [3.63, 3.8) is 0 Å². The van der Waals surface area contributed by atoms with Crippen LogP contribution in [0.15, 0.2) is 41.6 Å². The van der Waals surface area contributed by atoms with Gasteiger partial charge in [0.15, 0.2) is 0 Å². The fraction of sp³-hybridized carbons (Fsp3) is 0.0833. The zero-order valence-electron chi connectivity index (χ0n) is 10.1. The van der Waals surface area contributed by atoms with E-state index in [1.54, 1.807) is 19.2 Å². The Morgan fingerprint density at radius 2 is 2.05 bits per heavy atom. The summed E-state index contributed by atoms with van der Waals surface area (Å²) >= 11 is 5.82. The van der Waals surface area contributed by atoms with Crippen molar-refractivity contribution < 1.29 is 8.42 Å². The Kier molecular flexibility index (Phi) is 3.64. The van der Waals surface area contributed by atoms with Crippen molar-refractivity contribution in [3.05, 3.63) is 47.2 Å². The first-order valence-corrected chi connectivity index (χ1v) is 7.25. The van der Waals surface area contributed by atoms with Gasteiger partial charge in [0.2, 0.25) is 0 Å². The number of nitrogens with two attached hydrogens (primary N) is 1. The van der Waals surface area contributed by atoms with Crippen LogP contribution in [0.2, 0.25) is 5.02 Å². The highest BCUT2D eigenvalue weighted by atomic mass is 35.5. The predicted octanol–water partition coefficient (Wildman–Crippen LogP) is 2.43. The molecule has 0 aliphatic carbocycles. The first kappa shape index (κ1) is 13.6. The minimum Gasteiger partial charge on any atom is -0.398 e. The van der Waals surface area contributed by atoms with E-state index in [1.165, 1.54) is 24.4 Å². The molecule has 0 saturated heterocycles. The van der Waals surface area contributed by atoms with Gasteiger partial charge < -0.3 is 5.73 Å².